The monoisotopic (exact) mass is 358 g/mol. The Morgan fingerprint density at radius 3 is 2.72 bits per heavy atom. The van der Waals surface area contributed by atoms with Gasteiger partial charge in [0.25, 0.3) is 5.91 Å². The highest BCUT2D eigenvalue weighted by Crippen LogP contribution is 2.27. The fourth-order valence-electron chi connectivity index (χ4n) is 3.34. The largest absolute Gasteiger partial charge is 0.493 e. The van der Waals surface area contributed by atoms with Crippen LogP contribution in [0, 0.1) is 0 Å². The third-order valence-electron chi connectivity index (χ3n) is 4.59. The first-order chi connectivity index (χ1) is 12.3. The number of para-hydroxylation sites is 1. The predicted molar refractivity (Wildman–Crippen MR) is 102 cm³/mol. The van der Waals surface area contributed by atoms with Crippen molar-refractivity contribution in [3.05, 3.63) is 52.2 Å². The number of benzene rings is 1. The van der Waals surface area contributed by atoms with Crippen LogP contribution in [0.5, 0.6) is 5.75 Å². The second-order valence-electron chi connectivity index (χ2n) is 6.27. The smallest absolute Gasteiger partial charge is 0.255 e. The molecule has 1 saturated heterocycles. The van der Waals surface area contributed by atoms with Crippen LogP contribution in [0.4, 0.5) is 0 Å². The van der Waals surface area contributed by atoms with E-state index in [1.807, 2.05) is 31.2 Å². The molecule has 1 aromatic heterocycles. The molecule has 3 rings (SSSR count). The van der Waals surface area contributed by atoms with Gasteiger partial charge in [0.05, 0.1) is 18.2 Å². The topological polar surface area (TPSA) is 41.6 Å². The van der Waals surface area contributed by atoms with E-state index in [0.29, 0.717) is 24.5 Å². The summed E-state index contributed by atoms with van der Waals surface area (Å²) in [5.41, 5.74) is 0.605. The van der Waals surface area contributed by atoms with Crippen LogP contribution in [0.15, 0.2) is 41.8 Å². The number of hydrogen-bond donors (Lipinski definition) is 1. The molecule has 0 unspecified atom stereocenters. The van der Waals surface area contributed by atoms with Gasteiger partial charge >= 0.3 is 0 Å². The lowest BCUT2D eigenvalue weighted by Crippen LogP contribution is -2.40. The van der Waals surface area contributed by atoms with E-state index in [2.05, 4.69) is 27.7 Å². The highest BCUT2D eigenvalue weighted by molar-refractivity contribution is 7.10. The Morgan fingerprint density at radius 1 is 1.20 bits per heavy atom. The average molecular weight is 359 g/mol. The molecule has 0 aliphatic carbocycles. The highest BCUT2D eigenvalue weighted by atomic mass is 32.1. The number of piperidine rings is 1. The van der Waals surface area contributed by atoms with Gasteiger partial charge in [0.2, 0.25) is 0 Å². The van der Waals surface area contributed by atoms with E-state index in [4.69, 9.17) is 4.74 Å². The molecule has 2 heterocycles. The molecule has 25 heavy (non-hydrogen) atoms. The SMILES string of the molecule is CCOc1ccccc1C(=O)NC[C@@H](c1cccs1)N1CCCCC1. The van der Waals surface area contributed by atoms with Gasteiger partial charge in [-0.3, -0.25) is 9.69 Å². The van der Waals surface area contributed by atoms with E-state index in [-0.39, 0.29) is 11.9 Å². The molecule has 2 aromatic rings. The van der Waals surface area contributed by atoms with Crippen LogP contribution >= 0.6 is 11.3 Å². The summed E-state index contributed by atoms with van der Waals surface area (Å²) in [6.45, 7) is 5.31. The zero-order valence-electron chi connectivity index (χ0n) is 14.7. The maximum Gasteiger partial charge on any atom is 0.255 e. The Morgan fingerprint density at radius 2 is 2.00 bits per heavy atom. The first kappa shape index (κ1) is 18.0. The van der Waals surface area contributed by atoms with Crippen molar-refractivity contribution < 1.29 is 9.53 Å². The molecule has 0 bridgehead atoms. The van der Waals surface area contributed by atoms with Crippen molar-refractivity contribution in [2.75, 3.05) is 26.2 Å². The van der Waals surface area contributed by atoms with Crippen LogP contribution in [0.1, 0.15) is 47.5 Å². The summed E-state index contributed by atoms with van der Waals surface area (Å²) < 4.78 is 5.58. The van der Waals surface area contributed by atoms with Crippen molar-refractivity contribution in [1.29, 1.82) is 0 Å². The number of carbonyl (C=O) groups is 1. The minimum Gasteiger partial charge on any atom is -0.493 e. The summed E-state index contributed by atoms with van der Waals surface area (Å²) in [4.78, 5) is 16.5. The maximum absolute atomic E-state index is 12.7. The van der Waals surface area contributed by atoms with Gasteiger partial charge in [-0.2, -0.15) is 0 Å². The van der Waals surface area contributed by atoms with Crippen molar-refractivity contribution in [3.8, 4) is 5.75 Å². The summed E-state index contributed by atoms with van der Waals surface area (Å²) in [5.74, 6) is 0.579. The first-order valence-corrected chi connectivity index (χ1v) is 9.95. The molecule has 1 aliphatic heterocycles. The maximum atomic E-state index is 12.7. The number of ether oxygens (including phenoxy) is 1. The van der Waals surface area contributed by atoms with Gasteiger partial charge in [-0.15, -0.1) is 11.3 Å². The normalized spacial score (nSPS) is 16.4. The molecule has 134 valence electrons. The van der Waals surface area contributed by atoms with Crippen LogP contribution < -0.4 is 10.1 Å². The van der Waals surface area contributed by atoms with E-state index in [9.17, 15) is 4.79 Å². The molecular weight excluding hydrogens is 332 g/mol. The third kappa shape index (κ3) is 4.61. The highest BCUT2D eigenvalue weighted by Gasteiger charge is 2.24. The number of nitrogens with one attached hydrogen (secondary N) is 1. The van der Waals surface area contributed by atoms with E-state index in [1.54, 1.807) is 11.3 Å². The van der Waals surface area contributed by atoms with Gasteiger partial charge in [-0.25, -0.2) is 0 Å². The van der Waals surface area contributed by atoms with Gasteiger partial charge in [-0.05, 0) is 56.4 Å². The van der Waals surface area contributed by atoms with E-state index >= 15 is 0 Å². The summed E-state index contributed by atoms with van der Waals surface area (Å²) in [5, 5.41) is 5.24. The second kappa shape index (κ2) is 9.02. The molecular formula is C20H26N2O2S. The Hall–Kier alpha value is -1.85. The van der Waals surface area contributed by atoms with Crippen molar-refractivity contribution in [3.63, 3.8) is 0 Å². The Bertz CT molecular complexity index is 666. The van der Waals surface area contributed by atoms with Gasteiger partial charge in [0, 0.05) is 11.4 Å². The Labute approximate surface area is 153 Å². The number of hydrogen-bond acceptors (Lipinski definition) is 4. The quantitative estimate of drug-likeness (QED) is 0.810. The summed E-state index contributed by atoms with van der Waals surface area (Å²) >= 11 is 1.77. The van der Waals surface area contributed by atoms with Crippen LogP contribution in [-0.2, 0) is 0 Å². The molecule has 0 spiro atoms. The van der Waals surface area contributed by atoms with E-state index in [0.717, 1.165) is 13.1 Å². The van der Waals surface area contributed by atoms with Gasteiger partial charge in [-0.1, -0.05) is 24.6 Å². The summed E-state index contributed by atoms with van der Waals surface area (Å²) in [6, 6.07) is 11.9. The Balaban J connectivity index is 1.69. The fourth-order valence-corrected chi connectivity index (χ4v) is 4.20. The minimum absolute atomic E-state index is 0.0670. The zero-order chi connectivity index (χ0) is 17.5. The average Bonchev–Trinajstić information content (AvgIpc) is 3.18. The number of amides is 1. The van der Waals surface area contributed by atoms with Crippen LogP contribution in [-0.4, -0.2) is 37.0 Å². The minimum atomic E-state index is -0.0670. The van der Waals surface area contributed by atoms with Gasteiger partial charge in [0.15, 0.2) is 0 Å². The van der Waals surface area contributed by atoms with Crippen molar-refractivity contribution in [1.82, 2.24) is 10.2 Å². The molecule has 1 N–H and O–H groups in total. The third-order valence-corrected chi connectivity index (χ3v) is 5.56. The number of thiophene rings is 1. The van der Waals surface area contributed by atoms with Gasteiger partial charge in [0.1, 0.15) is 5.75 Å². The molecule has 0 saturated carbocycles. The first-order valence-electron chi connectivity index (χ1n) is 9.07. The molecule has 5 heteroatoms. The van der Waals surface area contributed by atoms with Crippen LogP contribution in [0.2, 0.25) is 0 Å². The van der Waals surface area contributed by atoms with E-state index in [1.165, 1.54) is 24.1 Å². The summed E-state index contributed by atoms with van der Waals surface area (Å²) in [6.07, 6.45) is 3.79. The van der Waals surface area contributed by atoms with Crippen molar-refractivity contribution in [2.24, 2.45) is 0 Å². The number of likely N-dealkylation sites (tertiary alicyclic amines) is 1. The van der Waals surface area contributed by atoms with Crippen LogP contribution in [0.25, 0.3) is 0 Å². The number of nitrogens with zero attached hydrogens (tertiary/aromatic N) is 1. The Kier molecular flexibility index (Phi) is 6.48. The van der Waals surface area contributed by atoms with Gasteiger partial charge < -0.3 is 10.1 Å². The molecule has 1 fully saturated rings. The van der Waals surface area contributed by atoms with Crippen LogP contribution in [0.3, 0.4) is 0 Å². The summed E-state index contributed by atoms with van der Waals surface area (Å²) in [7, 11) is 0. The lowest BCUT2D eigenvalue weighted by Gasteiger charge is -2.34. The lowest BCUT2D eigenvalue weighted by molar-refractivity contribution is 0.0922. The van der Waals surface area contributed by atoms with Crippen molar-refractivity contribution in [2.45, 2.75) is 32.2 Å². The molecule has 0 radical (unpaired) electrons. The standard InChI is InChI=1S/C20H26N2O2S/c1-2-24-18-10-5-4-9-16(18)20(23)21-15-17(19-11-8-14-25-19)22-12-6-3-7-13-22/h4-5,8-11,14,17H,2-3,6-7,12-13,15H2,1H3,(H,21,23)/t17-/m0/s1. The molecule has 1 amide bonds. The van der Waals surface area contributed by atoms with Crippen molar-refractivity contribution >= 4 is 17.2 Å². The number of carbonyl (C=O) groups excluding carboxylic acids is 1. The predicted octanol–water partition coefficient (Wildman–Crippen LogP) is 4.10. The van der Waals surface area contributed by atoms with E-state index < -0.39 is 0 Å². The molecule has 4 nitrogen and oxygen atoms in total. The lowest BCUT2D eigenvalue weighted by atomic mass is 10.1. The second-order valence-corrected chi connectivity index (χ2v) is 7.25. The number of rotatable bonds is 7. The molecule has 1 atom stereocenters. The zero-order valence-corrected chi connectivity index (χ0v) is 15.6. The molecule has 1 aliphatic rings. The molecule has 1 aromatic carbocycles. The fraction of sp³-hybridized carbons (Fsp3) is 0.450.